The van der Waals surface area contributed by atoms with Gasteiger partial charge < -0.3 is 5.32 Å². The molecular formula is C15H21NO. The Morgan fingerprint density at radius 1 is 1.18 bits per heavy atom. The van der Waals surface area contributed by atoms with Crippen LogP contribution in [0.3, 0.4) is 0 Å². The van der Waals surface area contributed by atoms with Crippen molar-refractivity contribution < 1.29 is 4.79 Å². The summed E-state index contributed by atoms with van der Waals surface area (Å²) in [5.41, 5.74) is 2.75. The molecule has 0 spiro atoms. The number of rotatable bonds is 1. The van der Waals surface area contributed by atoms with Crippen LogP contribution in [0.25, 0.3) is 0 Å². The zero-order chi connectivity index (χ0) is 12.5. The predicted octanol–water partition coefficient (Wildman–Crippen LogP) is 3.33. The molecule has 92 valence electrons. The van der Waals surface area contributed by atoms with E-state index in [9.17, 15) is 4.79 Å². The van der Waals surface area contributed by atoms with Crippen LogP contribution in [0.2, 0.25) is 0 Å². The predicted molar refractivity (Wildman–Crippen MR) is 69.9 cm³/mol. The van der Waals surface area contributed by atoms with E-state index < -0.39 is 0 Å². The highest BCUT2D eigenvalue weighted by molar-refractivity contribution is 5.77. The smallest absolute Gasteiger partial charge is 0.220 e. The molecule has 2 heteroatoms. The molecule has 0 bridgehead atoms. The minimum atomic E-state index is 0.182. The zero-order valence-corrected chi connectivity index (χ0v) is 10.9. The molecule has 1 amide bonds. The molecule has 2 nitrogen and oxygen atoms in total. The third-order valence-electron chi connectivity index (χ3n) is 3.41. The van der Waals surface area contributed by atoms with Crippen LogP contribution in [0.1, 0.15) is 57.2 Å². The Hall–Kier alpha value is -1.31. The highest BCUT2D eigenvalue weighted by atomic mass is 16.1. The molecule has 1 aromatic rings. The van der Waals surface area contributed by atoms with Gasteiger partial charge >= 0.3 is 0 Å². The van der Waals surface area contributed by atoms with E-state index in [0.29, 0.717) is 6.42 Å². The Labute approximate surface area is 103 Å². The summed E-state index contributed by atoms with van der Waals surface area (Å²) in [4.78, 5) is 11.4. The average Bonchev–Trinajstić information content (AvgIpc) is 2.28. The van der Waals surface area contributed by atoms with Crippen LogP contribution in [0.15, 0.2) is 24.3 Å². The van der Waals surface area contributed by atoms with Gasteiger partial charge in [0.2, 0.25) is 5.91 Å². The molecular weight excluding hydrogens is 210 g/mol. The molecule has 1 atom stereocenters. The Balaban J connectivity index is 2.15. The van der Waals surface area contributed by atoms with Gasteiger partial charge in [0.1, 0.15) is 0 Å². The lowest BCUT2D eigenvalue weighted by Gasteiger charge is -2.25. The number of amides is 1. The van der Waals surface area contributed by atoms with Crippen molar-refractivity contribution >= 4 is 5.91 Å². The van der Waals surface area contributed by atoms with Gasteiger partial charge in [-0.2, -0.15) is 0 Å². The molecule has 1 heterocycles. The maximum absolute atomic E-state index is 11.4. The van der Waals surface area contributed by atoms with E-state index in [1.54, 1.807) is 0 Å². The van der Waals surface area contributed by atoms with Crippen LogP contribution in [0.4, 0.5) is 0 Å². The van der Waals surface area contributed by atoms with E-state index in [1.165, 1.54) is 11.1 Å². The van der Waals surface area contributed by atoms with Gasteiger partial charge in [-0.25, -0.2) is 0 Å². The van der Waals surface area contributed by atoms with Crippen molar-refractivity contribution in [2.24, 2.45) is 0 Å². The highest BCUT2D eigenvalue weighted by Gasteiger charge is 2.20. The molecule has 1 unspecified atom stereocenters. The van der Waals surface area contributed by atoms with Crippen molar-refractivity contribution in [3.8, 4) is 0 Å². The molecule has 2 rings (SSSR count). The first-order chi connectivity index (χ1) is 7.97. The van der Waals surface area contributed by atoms with E-state index in [0.717, 1.165) is 12.8 Å². The third kappa shape index (κ3) is 2.87. The Morgan fingerprint density at radius 3 is 2.35 bits per heavy atom. The van der Waals surface area contributed by atoms with E-state index >= 15 is 0 Å². The molecule has 1 aromatic carbocycles. The fourth-order valence-electron chi connectivity index (χ4n) is 2.27. The second-order valence-corrected chi connectivity index (χ2v) is 5.88. The van der Waals surface area contributed by atoms with Crippen molar-refractivity contribution in [3.05, 3.63) is 35.4 Å². The van der Waals surface area contributed by atoms with E-state index in [1.807, 2.05) is 0 Å². The van der Waals surface area contributed by atoms with Crippen molar-refractivity contribution in [3.63, 3.8) is 0 Å². The van der Waals surface area contributed by atoms with Crippen LogP contribution < -0.4 is 5.32 Å². The molecule has 1 N–H and O–H groups in total. The number of hydrogen-bond donors (Lipinski definition) is 1. The number of nitrogens with one attached hydrogen (secondary N) is 1. The van der Waals surface area contributed by atoms with Crippen molar-refractivity contribution in [2.75, 3.05) is 0 Å². The molecule has 0 aromatic heterocycles. The van der Waals surface area contributed by atoms with Gasteiger partial charge in [0.25, 0.3) is 0 Å². The summed E-state index contributed by atoms with van der Waals surface area (Å²) in [5.74, 6) is 0.182. The zero-order valence-electron chi connectivity index (χ0n) is 10.9. The largest absolute Gasteiger partial charge is 0.349 e. The molecule has 0 radical (unpaired) electrons. The maximum Gasteiger partial charge on any atom is 0.220 e. The SMILES string of the molecule is CC(C)(C)c1ccc(C2CCCC(=O)N2)cc1. The van der Waals surface area contributed by atoms with Gasteiger partial charge in [0.15, 0.2) is 0 Å². The molecule has 17 heavy (non-hydrogen) atoms. The molecule has 1 aliphatic heterocycles. The second-order valence-electron chi connectivity index (χ2n) is 5.88. The molecule has 0 aliphatic carbocycles. The summed E-state index contributed by atoms with van der Waals surface area (Å²) in [7, 11) is 0. The van der Waals surface area contributed by atoms with E-state index in [-0.39, 0.29) is 17.4 Å². The summed E-state index contributed by atoms with van der Waals surface area (Å²) < 4.78 is 0. The van der Waals surface area contributed by atoms with E-state index in [4.69, 9.17) is 0 Å². The van der Waals surface area contributed by atoms with Gasteiger partial charge in [-0.3, -0.25) is 4.79 Å². The van der Waals surface area contributed by atoms with Crippen molar-refractivity contribution in [2.45, 2.75) is 51.5 Å². The lowest BCUT2D eigenvalue weighted by Crippen LogP contribution is -2.32. The van der Waals surface area contributed by atoms with Crippen LogP contribution in [-0.4, -0.2) is 5.91 Å². The number of carbonyl (C=O) groups excluding carboxylic acids is 1. The lowest BCUT2D eigenvalue weighted by atomic mass is 9.85. The van der Waals surface area contributed by atoms with Gasteiger partial charge in [0.05, 0.1) is 6.04 Å². The van der Waals surface area contributed by atoms with Crippen LogP contribution in [-0.2, 0) is 10.2 Å². The third-order valence-corrected chi connectivity index (χ3v) is 3.41. The molecule has 1 saturated heterocycles. The summed E-state index contributed by atoms with van der Waals surface area (Å²) in [6, 6.07) is 8.87. The Morgan fingerprint density at radius 2 is 1.82 bits per heavy atom. The van der Waals surface area contributed by atoms with Gasteiger partial charge in [-0.1, -0.05) is 45.0 Å². The molecule has 1 fully saturated rings. The Kier molecular flexibility index (Phi) is 3.23. The van der Waals surface area contributed by atoms with Gasteiger partial charge in [-0.15, -0.1) is 0 Å². The minimum absolute atomic E-state index is 0.182. The normalized spacial score (nSPS) is 21.1. The minimum Gasteiger partial charge on any atom is -0.349 e. The number of benzene rings is 1. The first-order valence-corrected chi connectivity index (χ1v) is 6.36. The fourth-order valence-corrected chi connectivity index (χ4v) is 2.27. The summed E-state index contributed by atoms with van der Waals surface area (Å²) >= 11 is 0. The number of hydrogen-bond acceptors (Lipinski definition) is 1. The maximum atomic E-state index is 11.4. The molecule has 0 saturated carbocycles. The van der Waals surface area contributed by atoms with Crippen molar-refractivity contribution in [1.29, 1.82) is 0 Å². The second kappa shape index (κ2) is 4.52. The standard InChI is InChI=1S/C15H21NO/c1-15(2,3)12-9-7-11(8-10-12)13-5-4-6-14(17)16-13/h7-10,13H,4-6H2,1-3H3,(H,16,17). The van der Waals surface area contributed by atoms with E-state index in [2.05, 4.69) is 50.4 Å². The first-order valence-electron chi connectivity index (χ1n) is 6.36. The van der Waals surface area contributed by atoms with Crippen LogP contribution in [0.5, 0.6) is 0 Å². The molecule has 1 aliphatic rings. The number of piperidine rings is 1. The monoisotopic (exact) mass is 231 g/mol. The van der Waals surface area contributed by atoms with Gasteiger partial charge in [0, 0.05) is 6.42 Å². The van der Waals surface area contributed by atoms with Crippen LogP contribution in [0, 0.1) is 0 Å². The highest BCUT2D eigenvalue weighted by Crippen LogP contribution is 2.27. The number of carbonyl (C=O) groups is 1. The summed E-state index contributed by atoms with van der Waals surface area (Å²) in [6.45, 7) is 6.64. The summed E-state index contributed by atoms with van der Waals surface area (Å²) in [5, 5.41) is 3.05. The Bertz CT molecular complexity index is 400. The fraction of sp³-hybridized carbons (Fsp3) is 0.533. The topological polar surface area (TPSA) is 29.1 Å². The first kappa shape index (κ1) is 12.2. The van der Waals surface area contributed by atoms with Crippen molar-refractivity contribution in [1.82, 2.24) is 5.32 Å². The summed E-state index contributed by atoms with van der Waals surface area (Å²) in [6.07, 6.45) is 2.73. The average molecular weight is 231 g/mol. The van der Waals surface area contributed by atoms with Crippen LogP contribution >= 0.6 is 0 Å². The quantitative estimate of drug-likeness (QED) is 0.789. The lowest BCUT2D eigenvalue weighted by molar-refractivity contribution is -0.123. The van der Waals surface area contributed by atoms with Gasteiger partial charge in [-0.05, 0) is 29.4 Å².